The third kappa shape index (κ3) is 2.74. The fraction of sp³-hybridized carbons (Fsp3) is 0.500. The van der Waals surface area contributed by atoms with Crippen molar-refractivity contribution in [2.24, 2.45) is 17.9 Å². The molecule has 0 aliphatic carbocycles. The predicted molar refractivity (Wildman–Crippen MR) is 62.8 cm³/mol. The molecule has 0 fully saturated rings. The summed E-state index contributed by atoms with van der Waals surface area (Å²) in [6.07, 6.45) is 3.56. The number of aryl methyl sites for hydroxylation is 1. The molecule has 0 saturated carbocycles. The van der Waals surface area contributed by atoms with Crippen LogP contribution in [0, 0.1) is 0 Å². The van der Waals surface area contributed by atoms with Gasteiger partial charge in [-0.1, -0.05) is 12.1 Å². The highest BCUT2D eigenvalue weighted by atomic mass is 16.4. The first-order valence-electron chi connectivity index (χ1n) is 5.22. The van der Waals surface area contributed by atoms with Crippen LogP contribution in [0.2, 0.25) is 0 Å². The molecule has 0 radical (unpaired) electrons. The van der Waals surface area contributed by atoms with Crippen molar-refractivity contribution in [2.75, 3.05) is 0 Å². The van der Waals surface area contributed by atoms with E-state index in [0.717, 1.165) is 0 Å². The molecule has 0 saturated heterocycles. The average Bonchev–Trinajstić information content (AvgIpc) is 2.74. The first-order chi connectivity index (χ1) is 7.92. The highest BCUT2D eigenvalue weighted by Gasteiger charge is 2.30. The molecule has 1 aromatic rings. The molecule has 0 aliphatic heterocycles. The molecule has 1 aromatic heterocycles. The maximum Gasteiger partial charge on any atom is 0.255 e. The molecule has 1 heterocycles. The van der Waals surface area contributed by atoms with E-state index in [1.807, 2.05) is 6.92 Å². The molecule has 17 heavy (non-hydrogen) atoms. The van der Waals surface area contributed by atoms with Gasteiger partial charge in [0.2, 0.25) is 0 Å². The number of amides is 1. The van der Waals surface area contributed by atoms with Crippen LogP contribution in [0.1, 0.15) is 30.6 Å². The van der Waals surface area contributed by atoms with E-state index in [-0.39, 0.29) is 11.7 Å². The minimum atomic E-state index is -0.873. The van der Waals surface area contributed by atoms with Gasteiger partial charge in [-0.15, -0.1) is 0 Å². The highest BCUT2D eigenvalue weighted by molar-refractivity contribution is 5.99. The van der Waals surface area contributed by atoms with Gasteiger partial charge in [-0.25, -0.2) is 0 Å². The second kappa shape index (κ2) is 4.86. The van der Waals surface area contributed by atoms with Gasteiger partial charge in [0.1, 0.15) is 0 Å². The lowest BCUT2D eigenvalue weighted by Crippen LogP contribution is -2.55. The number of oxime groups is 1. The van der Waals surface area contributed by atoms with Crippen LogP contribution in [0.4, 0.5) is 0 Å². The number of nitrogens with one attached hydrogen (secondary N) is 1. The Kier molecular flexibility index (Phi) is 3.72. The molecule has 94 valence electrons. The third-order valence-corrected chi connectivity index (χ3v) is 2.74. The van der Waals surface area contributed by atoms with Crippen LogP contribution in [0.25, 0.3) is 0 Å². The molecular formula is C10H17N5O2. The summed E-state index contributed by atoms with van der Waals surface area (Å²) in [4.78, 5) is 11.9. The number of carbonyl (C=O) groups excluding carboxylic acids is 1. The Morgan fingerprint density at radius 3 is 2.82 bits per heavy atom. The molecule has 0 aliphatic rings. The minimum absolute atomic E-state index is 0.0303. The van der Waals surface area contributed by atoms with Crippen molar-refractivity contribution in [3.05, 3.63) is 18.0 Å². The van der Waals surface area contributed by atoms with Gasteiger partial charge in [0.05, 0.1) is 17.3 Å². The Morgan fingerprint density at radius 1 is 1.76 bits per heavy atom. The normalized spacial score (nSPS) is 15.4. The molecule has 4 N–H and O–H groups in total. The van der Waals surface area contributed by atoms with E-state index in [1.54, 1.807) is 20.2 Å². The maximum atomic E-state index is 11.9. The SMILES string of the molecule is CCC(C)(NC(=O)c1cnn(C)c1)/C(N)=N/O. The van der Waals surface area contributed by atoms with Gasteiger partial charge in [0.25, 0.3) is 5.91 Å². The van der Waals surface area contributed by atoms with Gasteiger partial charge in [0, 0.05) is 13.2 Å². The Morgan fingerprint density at radius 2 is 2.41 bits per heavy atom. The molecule has 1 amide bonds. The summed E-state index contributed by atoms with van der Waals surface area (Å²) in [5.74, 6) is -0.341. The molecule has 0 spiro atoms. The Hall–Kier alpha value is -2.05. The quantitative estimate of drug-likeness (QED) is 0.299. The van der Waals surface area contributed by atoms with Gasteiger partial charge < -0.3 is 16.3 Å². The van der Waals surface area contributed by atoms with Gasteiger partial charge in [0.15, 0.2) is 5.84 Å². The highest BCUT2D eigenvalue weighted by Crippen LogP contribution is 2.11. The molecular weight excluding hydrogens is 222 g/mol. The zero-order chi connectivity index (χ0) is 13.1. The summed E-state index contributed by atoms with van der Waals surface area (Å²) < 4.78 is 1.53. The third-order valence-electron chi connectivity index (χ3n) is 2.74. The largest absolute Gasteiger partial charge is 0.409 e. The number of nitrogens with zero attached hydrogens (tertiary/aromatic N) is 3. The van der Waals surface area contributed by atoms with E-state index in [9.17, 15) is 4.79 Å². The van der Waals surface area contributed by atoms with Crippen molar-refractivity contribution in [2.45, 2.75) is 25.8 Å². The summed E-state index contributed by atoms with van der Waals surface area (Å²) in [7, 11) is 1.72. The number of rotatable bonds is 4. The molecule has 0 bridgehead atoms. The lowest BCUT2D eigenvalue weighted by Gasteiger charge is -2.27. The van der Waals surface area contributed by atoms with Crippen LogP contribution in [-0.4, -0.2) is 32.3 Å². The number of carbonyl (C=O) groups is 1. The van der Waals surface area contributed by atoms with Crippen molar-refractivity contribution in [3.8, 4) is 0 Å². The second-order valence-electron chi connectivity index (χ2n) is 4.03. The lowest BCUT2D eigenvalue weighted by atomic mass is 9.97. The van der Waals surface area contributed by atoms with Crippen LogP contribution in [0.3, 0.4) is 0 Å². The molecule has 7 heteroatoms. The number of hydrogen-bond donors (Lipinski definition) is 3. The average molecular weight is 239 g/mol. The lowest BCUT2D eigenvalue weighted by molar-refractivity contribution is 0.0925. The van der Waals surface area contributed by atoms with E-state index in [2.05, 4.69) is 15.6 Å². The monoisotopic (exact) mass is 239 g/mol. The van der Waals surface area contributed by atoms with E-state index in [0.29, 0.717) is 12.0 Å². The molecule has 1 unspecified atom stereocenters. The van der Waals surface area contributed by atoms with Crippen LogP contribution in [0.15, 0.2) is 17.5 Å². The molecule has 1 atom stereocenters. The summed E-state index contributed by atoms with van der Waals surface area (Å²) in [5, 5.41) is 18.2. The van der Waals surface area contributed by atoms with Crippen molar-refractivity contribution in [3.63, 3.8) is 0 Å². The second-order valence-corrected chi connectivity index (χ2v) is 4.03. The standard InChI is InChI=1S/C10H17N5O2/c1-4-10(2,9(11)14-17)13-8(16)7-5-12-15(3)6-7/h5-6,17H,4H2,1-3H3,(H2,11,14)(H,13,16). The summed E-state index contributed by atoms with van der Waals surface area (Å²) in [5.41, 5.74) is 5.11. The van der Waals surface area contributed by atoms with Gasteiger partial charge in [-0.05, 0) is 13.3 Å². The van der Waals surface area contributed by atoms with Crippen LogP contribution in [-0.2, 0) is 7.05 Å². The first-order valence-corrected chi connectivity index (χ1v) is 5.22. The van der Waals surface area contributed by atoms with E-state index >= 15 is 0 Å². The number of aromatic nitrogens is 2. The summed E-state index contributed by atoms with van der Waals surface area (Å²) in [6.45, 7) is 3.53. The Bertz CT molecular complexity index is 440. The predicted octanol–water partition coefficient (Wildman–Crippen LogP) is 0.0650. The van der Waals surface area contributed by atoms with Crippen molar-refractivity contribution in [1.82, 2.24) is 15.1 Å². The van der Waals surface area contributed by atoms with Gasteiger partial charge in [-0.3, -0.25) is 9.48 Å². The number of hydrogen-bond acceptors (Lipinski definition) is 4. The van der Waals surface area contributed by atoms with E-state index in [4.69, 9.17) is 10.9 Å². The minimum Gasteiger partial charge on any atom is -0.409 e. The first kappa shape index (κ1) is 13.0. The zero-order valence-corrected chi connectivity index (χ0v) is 10.1. The topological polar surface area (TPSA) is 106 Å². The van der Waals surface area contributed by atoms with Gasteiger partial charge in [-0.2, -0.15) is 5.10 Å². The van der Waals surface area contributed by atoms with Crippen molar-refractivity contribution < 1.29 is 10.0 Å². The number of amidine groups is 1. The van der Waals surface area contributed by atoms with Gasteiger partial charge >= 0.3 is 0 Å². The Balaban J connectivity index is 2.86. The zero-order valence-electron chi connectivity index (χ0n) is 10.1. The van der Waals surface area contributed by atoms with Crippen LogP contribution >= 0.6 is 0 Å². The number of nitrogens with two attached hydrogens (primary N) is 1. The van der Waals surface area contributed by atoms with Crippen LogP contribution < -0.4 is 11.1 Å². The fourth-order valence-electron chi connectivity index (χ4n) is 1.31. The smallest absolute Gasteiger partial charge is 0.255 e. The van der Waals surface area contributed by atoms with E-state index in [1.165, 1.54) is 10.9 Å². The van der Waals surface area contributed by atoms with Crippen molar-refractivity contribution >= 4 is 11.7 Å². The molecule has 0 aromatic carbocycles. The van der Waals surface area contributed by atoms with Crippen LogP contribution in [0.5, 0.6) is 0 Å². The molecule has 7 nitrogen and oxygen atoms in total. The maximum absolute atomic E-state index is 11.9. The summed E-state index contributed by atoms with van der Waals surface area (Å²) >= 11 is 0. The van der Waals surface area contributed by atoms with E-state index < -0.39 is 5.54 Å². The molecule has 1 rings (SSSR count). The van der Waals surface area contributed by atoms with Crippen molar-refractivity contribution in [1.29, 1.82) is 0 Å². The fourth-order valence-corrected chi connectivity index (χ4v) is 1.31. The summed E-state index contributed by atoms with van der Waals surface area (Å²) in [6, 6.07) is 0. The Labute approximate surface area is 99.3 Å².